The van der Waals surface area contributed by atoms with Crippen molar-refractivity contribution in [2.24, 2.45) is 0 Å². The molecule has 0 unspecified atom stereocenters. The quantitative estimate of drug-likeness (QED) is 0.452. The van der Waals surface area contributed by atoms with E-state index >= 15 is 0 Å². The molecule has 0 atom stereocenters. The first-order chi connectivity index (χ1) is 8.04. The summed E-state index contributed by atoms with van der Waals surface area (Å²) in [5, 5.41) is 0. The predicted molar refractivity (Wildman–Crippen MR) is 54.0 cm³/mol. The van der Waals surface area contributed by atoms with Gasteiger partial charge in [0.15, 0.2) is 0 Å². The molecule has 0 aliphatic rings. The lowest BCUT2D eigenvalue weighted by Crippen LogP contribution is -2.17. The van der Waals surface area contributed by atoms with Crippen molar-refractivity contribution in [3.63, 3.8) is 0 Å². The van der Waals surface area contributed by atoms with Crippen LogP contribution in [0.2, 0.25) is 0 Å². The average Bonchev–Trinajstić information content (AvgIpc) is 2.28. The lowest BCUT2D eigenvalue weighted by molar-refractivity contribution is -0.137. The van der Waals surface area contributed by atoms with E-state index < -0.39 is 18.4 Å². The number of Topliss-reactive ketones (excluding diaryl/α,β-unsaturated/α-hetero) is 1. The van der Waals surface area contributed by atoms with Crippen LogP contribution in [0.4, 0.5) is 8.78 Å². The highest BCUT2D eigenvalue weighted by molar-refractivity contribution is 6.40. The molecule has 92 valence electrons. The molecule has 1 rings (SSSR count). The molecule has 0 spiro atoms. The van der Waals surface area contributed by atoms with Gasteiger partial charge in [-0.05, 0) is 19.1 Å². The molecular weight excluding hydrogens is 234 g/mol. The third kappa shape index (κ3) is 3.82. The second kappa shape index (κ2) is 5.93. The summed E-state index contributed by atoms with van der Waals surface area (Å²) >= 11 is 0. The largest absolute Gasteiger partial charge is 0.460 e. The van der Waals surface area contributed by atoms with Crippen LogP contribution < -0.4 is 4.74 Å². The van der Waals surface area contributed by atoms with Gasteiger partial charge in [-0.2, -0.15) is 8.78 Å². The van der Waals surface area contributed by atoms with Crippen molar-refractivity contribution < 1.29 is 27.8 Å². The number of hydrogen-bond acceptors (Lipinski definition) is 4. The fraction of sp³-hybridized carbons (Fsp3) is 0.273. The minimum absolute atomic E-state index is 0.0541. The zero-order valence-electron chi connectivity index (χ0n) is 8.98. The highest BCUT2D eigenvalue weighted by atomic mass is 19.3. The summed E-state index contributed by atoms with van der Waals surface area (Å²) < 4.78 is 32.5. The minimum Gasteiger partial charge on any atom is -0.460 e. The Hall–Kier alpha value is -1.98. The molecule has 0 amide bonds. The van der Waals surface area contributed by atoms with Crippen LogP contribution in [0.1, 0.15) is 17.3 Å². The lowest BCUT2D eigenvalue weighted by atomic mass is 10.1. The molecule has 1 aromatic rings. The van der Waals surface area contributed by atoms with Crippen LogP contribution in [-0.4, -0.2) is 25.0 Å². The normalized spacial score (nSPS) is 10.1. The average molecular weight is 244 g/mol. The topological polar surface area (TPSA) is 52.6 Å². The number of benzene rings is 1. The summed E-state index contributed by atoms with van der Waals surface area (Å²) in [6.45, 7) is -1.36. The number of rotatable bonds is 5. The first kappa shape index (κ1) is 13.1. The van der Waals surface area contributed by atoms with Crippen LogP contribution in [-0.2, 0) is 9.53 Å². The molecular formula is C11H10F2O4. The molecule has 0 heterocycles. The van der Waals surface area contributed by atoms with Gasteiger partial charge in [0.25, 0.3) is 5.78 Å². The van der Waals surface area contributed by atoms with E-state index in [1.165, 1.54) is 18.2 Å². The number of ketones is 1. The van der Waals surface area contributed by atoms with E-state index in [0.717, 1.165) is 6.07 Å². The smallest absolute Gasteiger partial charge is 0.387 e. The third-order valence-electron chi connectivity index (χ3n) is 1.78. The molecule has 1 aromatic carbocycles. The van der Waals surface area contributed by atoms with Crippen molar-refractivity contribution >= 4 is 11.8 Å². The molecule has 0 bridgehead atoms. The molecule has 0 N–H and O–H groups in total. The van der Waals surface area contributed by atoms with E-state index in [4.69, 9.17) is 0 Å². The standard InChI is InChI=1S/C11H10F2O4/c1-2-16-10(15)9(14)7-4-3-5-8(6-7)17-11(12)13/h3-6,11H,2H2,1H3. The Balaban J connectivity index is 2.84. The summed E-state index contributed by atoms with van der Waals surface area (Å²) in [7, 11) is 0. The van der Waals surface area contributed by atoms with Crippen LogP contribution in [0, 0.1) is 0 Å². The summed E-state index contributed by atoms with van der Waals surface area (Å²) in [6.07, 6.45) is 0. The molecule has 17 heavy (non-hydrogen) atoms. The van der Waals surface area contributed by atoms with E-state index in [-0.39, 0.29) is 17.9 Å². The number of esters is 1. The summed E-state index contributed by atoms with van der Waals surface area (Å²) in [6, 6.07) is 4.97. The van der Waals surface area contributed by atoms with Gasteiger partial charge < -0.3 is 9.47 Å². The van der Waals surface area contributed by atoms with Crippen LogP contribution in [0.5, 0.6) is 5.75 Å². The molecule has 0 aromatic heterocycles. The summed E-state index contributed by atoms with van der Waals surface area (Å²) in [5.74, 6) is -2.11. The Morgan fingerprint density at radius 1 is 1.35 bits per heavy atom. The van der Waals surface area contributed by atoms with Gasteiger partial charge in [0, 0.05) is 5.56 Å². The van der Waals surface area contributed by atoms with Gasteiger partial charge in [-0.1, -0.05) is 12.1 Å². The maximum atomic E-state index is 11.9. The van der Waals surface area contributed by atoms with Crippen molar-refractivity contribution in [2.75, 3.05) is 6.61 Å². The van der Waals surface area contributed by atoms with E-state index in [2.05, 4.69) is 9.47 Å². The molecule has 4 nitrogen and oxygen atoms in total. The van der Waals surface area contributed by atoms with Crippen LogP contribution in [0.3, 0.4) is 0 Å². The van der Waals surface area contributed by atoms with Gasteiger partial charge in [-0.25, -0.2) is 4.79 Å². The Morgan fingerprint density at radius 3 is 2.65 bits per heavy atom. The second-order valence-corrected chi connectivity index (χ2v) is 2.96. The molecule has 0 aliphatic carbocycles. The lowest BCUT2D eigenvalue weighted by Gasteiger charge is -2.05. The van der Waals surface area contributed by atoms with E-state index in [1.54, 1.807) is 6.92 Å². The number of carbonyl (C=O) groups is 2. The fourth-order valence-corrected chi connectivity index (χ4v) is 1.13. The number of halogens is 2. The van der Waals surface area contributed by atoms with Crippen LogP contribution in [0.25, 0.3) is 0 Å². The Labute approximate surface area is 96.1 Å². The van der Waals surface area contributed by atoms with Gasteiger partial charge in [-0.15, -0.1) is 0 Å². The number of hydrogen-bond donors (Lipinski definition) is 0. The molecule has 0 fully saturated rings. The van der Waals surface area contributed by atoms with Gasteiger partial charge in [0.2, 0.25) is 0 Å². The third-order valence-corrected chi connectivity index (χ3v) is 1.78. The van der Waals surface area contributed by atoms with Gasteiger partial charge in [0.1, 0.15) is 5.75 Å². The van der Waals surface area contributed by atoms with Crippen molar-refractivity contribution in [1.29, 1.82) is 0 Å². The van der Waals surface area contributed by atoms with E-state index in [0.29, 0.717) is 0 Å². The van der Waals surface area contributed by atoms with Gasteiger partial charge in [0.05, 0.1) is 6.61 Å². The summed E-state index contributed by atoms with van der Waals surface area (Å²) in [4.78, 5) is 22.6. The van der Waals surface area contributed by atoms with E-state index in [9.17, 15) is 18.4 Å². The Morgan fingerprint density at radius 2 is 2.06 bits per heavy atom. The summed E-state index contributed by atoms with van der Waals surface area (Å²) in [5.41, 5.74) is -0.0541. The van der Waals surface area contributed by atoms with Crippen molar-refractivity contribution in [3.8, 4) is 5.75 Å². The monoisotopic (exact) mass is 244 g/mol. The number of carbonyl (C=O) groups excluding carboxylic acids is 2. The predicted octanol–water partition coefficient (Wildman–Crippen LogP) is 2.03. The minimum atomic E-state index is -2.98. The second-order valence-electron chi connectivity index (χ2n) is 2.96. The fourth-order valence-electron chi connectivity index (χ4n) is 1.13. The number of ether oxygens (including phenoxy) is 2. The van der Waals surface area contributed by atoms with Crippen molar-refractivity contribution in [2.45, 2.75) is 13.5 Å². The molecule has 0 saturated heterocycles. The molecule has 0 radical (unpaired) electrons. The first-order valence-electron chi connectivity index (χ1n) is 4.81. The highest BCUT2D eigenvalue weighted by Gasteiger charge is 2.18. The molecule has 6 heteroatoms. The molecule has 0 aliphatic heterocycles. The van der Waals surface area contributed by atoms with Gasteiger partial charge >= 0.3 is 12.6 Å². The van der Waals surface area contributed by atoms with Crippen LogP contribution in [0.15, 0.2) is 24.3 Å². The van der Waals surface area contributed by atoms with E-state index in [1.807, 2.05) is 0 Å². The van der Waals surface area contributed by atoms with Crippen molar-refractivity contribution in [3.05, 3.63) is 29.8 Å². The maximum absolute atomic E-state index is 11.9. The first-order valence-corrected chi connectivity index (χ1v) is 4.81. The van der Waals surface area contributed by atoms with Gasteiger partial charge in [-0.3, -0.25) is 4.79 Å². The van der Waals surface area contributed by atoms with Crippen LogP contribution >= 0.6 is 0 Å². The Kier molecular flexibility index (Phi) is 4.56. The SMILES string of the molecule is CCOC(=O)C(=O)c1cccc(OC(F)F)c1. The maximum Gasteiger partial charge on any atom is 0.387 e. The zero-order chi connectivity index (χ0) is 12.8. The Bertz CT molecular complexity index is 418. The highest BCUT2D eigenvalue weighted by Crippen LogP contribution is 2.16. The van der Waals surface area contributed by atoms with Crippen molar-refractivity contribution in [1.82, 2.24) is 0 Å². The molecule has 0 saturated carbocycles. The number of alkyl halides is 2. The zero-order valence-corrected chi connectivity index (χ0v) is 8.98.